The lowest BCUT2D eigenvalue weighted by atomic mass is 10.0. The Kier molecular flexibility index (Phi) is 7.07. The van der Waals surface area contributed by atoms with Crippen molar-refractivity contribution in [3.8, 4) is 11.5 Å². The first-order chi connectivity index (χ1) is 12.4. The van der Waals surface area contributed by atoms with E-state index in [1.165, 1.54) is 5.56 Å². The van der Waals surface area contributed by atoms with Crippen molar-refractivity contribution in [2.24, 2.45) is 0 Å². The maximum Gasteiger partial charge on any atom is 0.261 e. The monoisotopic (exact) mass is 355 g/mol. The summed E-state index contributed by atoms with van der Waals surface area (Å²) in [6.45, 7) is 10.3. The van der Waals surface area contributed by atoms with Gasteiger partial charge in [0.05, 0.1) is 6.04 Å². The molecule has 0 aliphatic carbocycles. The van der Waals surface area contributed by atoms with Crippen LogP contribution in [0.15, 0.2) is 48.5 Å². The van der Waals surface area contributed by atoms with Crippen LogP contribution in [0, 0.1) is 6.92 Å². The van der Waals surface area contributed by atoms with Crippen LogP contribution in [-0.2, 0) is 4.79 Å². The Bertz CT molecular complexity index is 710. The number of ether oxygens (including phenoxy) is 2. The van der Waals surface area contributed by atoms with Crippen molar-refractivity contribution in [3.63, 3.8) is 0 Å². The summed E-state index contributed by atoms with van der Waals surface area (Å²) in [6.07, 6.45) is -0.572. The van der Waals surface area contributed by atoms with Crippen LogP contribution in [0.1, 0.15) is 44.7 Å². The summed E-state index contributed by atoms with van der Waals surface area (Å²) in [5.41, 5.74) is 2.29. The number of hydrogen-bond acceptors (Lipinski definition) is 3. The second kappa shape index (κ2) is 9.27. The number of nitrogens with one attached hydrogen (secondary N) is 1. The van der Waals surface area contributed by atoms with E-state index in [9.17, 15) is 4.79 Å². The maximum absolute atomic E-state index is 12.4. The van der Waals surface area contributed by atoms with Gasteiger partial charge in [0.25, 0.3) is 5.91 Å². The Morgan fingerprint density at radius 1 is 1.00 bits per heavy atom. The number of rotatable bonds is 8. The number of amides is 1. The van der Waals surface area contributed by atoms with Gasteiger partial charge in [-0.25, -0.2) is 0 Å². The van der Waals surface area contributed by atoms with E-state index in [0.717, 1.165) is 17.1 Å². The molecule has 0 unspecified atom stereocenters. The summed E-state index contributed by atoms with van der Waals surface area (Å²) in [7, 11) is 0. The van der Waals surface area contributed by atoms with Crippen LogP contribution < -0.4 is 14.8 Å². The van der Waals surface area contributed by atoms with Gasteiger partial charge in [0.1, 0.15) is 18.1 Å². The average Bonchev–Trinajstić information content (AvgIpc) is 2.61. The van der Waals surface area contributed by atoms with Crippen LogP contribution in [-0.4, -0.2) is 24.7 Å². The van der Waals surface area contributed by atoms with E-state index in [0.29, 0.717) is 12.5 Å². The normalized spacial score (nSPS) is 13.2. The molecule has 0 aromatic heterocycles. The topological polar surface area (TPSA) is 47.6 Å². The van der Waals surface area contributed by atoms with E-state index in [1.807, 2.05) is 62.4 Å². The molecule has 0 radical (unpaired) electrons. The zero-order chi connectivity index (χ0) is 19.1. The van der Waals surface area contributed by atoms with E-state index in [-0.39, 0.29) is 11.9 Å². The van der Waals surface area contributed by atoms with Gasteiger partial charge in [0.15, 0.2) is 6.10 Å². The van der Waals surface area contributed by atoms with Gasteiger partial charge < -0.3 is 14.8 Å². The fourth-order valence-corrected chi connectivity index (χ4v) is 2.57. The fourth-order valence-electron chi connectivity index (χ4n) is 2.57. The Morgan fingerprint density at radius 3 is 2.31 bits per heavy atom. The van der Waals surface area contributed by atoms with Crippen LogP contribution in [0.5, 0.6) is 11.5 Å². The van der Waals surface area contributed by atoms with E-state index < -0.39 is 6.10 Å². The molecule has 2 aromatic rings. The Morgan fingerprint density at radius 2 is 1.65 bits per heavy atom. The molecule has 0 fully saturated rings. The van der Waals surface area contributed by atoms with Crippen molar-refractivity contribution in [1.82, 2.24) is 5.32 Å². The Balaban J connectivity index is 1.85. The van der Waals surface area contributed by atoms with Gasteiger partial charge in [-0.05, 0) is 50.5 Å². The standard InChI is InChI=1S/C22H29NO3/c1-15(2)20-8-6-7-9-21(20)26-18(5)22(24)23-17(4)14-25-19-12-10-16(3)11-13-19/h6-13,15,17-18H,14H2,1-5H3,(H,23,24)/t17-,18+/m0/s1. The van der Waals surface area contributed by atoms with Gasteiger partial charge in [-0.3, -0.25) is 4.79 Å². The van der Waals surface area contributed by atoms with Crippen LogP contribution in [0.2, 0.25) is 0 Å². The Labute approximate surface area is 156 Å². The van der Waals surface area contributed by atoms with Crippen molar-refractivity contribution in [1.29, 1.82) is 0 Å². The quantitative estimate of drug-likeness (QED) is 0.760. The number of benzene rings is 2. The summed E-state index contributed by atoms with van der Waals surface area (Å²) in [4.78, 5) is 12.4. The second-order valence-corrected chi connectivity index (χ2v) is 6.99. The van der Waals surface area contributed by atoms with Gasteiger partial charge >= 0.3 is 0 Å². The minimum absolute atomic E-state index is 0.116. The molecule has 2 aromatic carbocycles. The fraction of sp³-hybridized carbons (Fsp3) is 0.409. The highest BCUT2D eigenvalue weighted by molar-refractivity contribution is 5.81. The largest absolute Gasteiger partial charge is 0.491 e. The smallest absolute Gasteiger partial charge is 0.261 e. The molecule has 1 N–H and O–H groups in total. The highest BCUT2D eigenvalue weighted by atomic mass is 16.5. The predicted molar refractivity (Wildman–Crippen MR) is 105 cm³/mol. The number of para-hydroxylation sites is 1. The van der Waals surface area contributed by atoms with Gasteiger partial charge in [-0.15, -0.1) is 0 Å². The third-order valence-electron chi connectivity index (χ3n) is 4.12. The molecule has 2 atom stereocenters. The second-order valence-electron chi connectivity index (χ2n) is 6.99. The summed E-state index contributed by atoms with van der Waals surface area (Å²) >= 11 is 0. The van der Waals surface area contributed by atoms with E-state index in [1.54, 1.807) is 6.92 Å². The van der Waals surface area contributed by atoms with Crippen LogP contribution in [0.4, 0.5) is 0 Å². The SMILES string of the molecule is Cc1ccc(OC[C@H](C)NC(=O)[C@@H](C)Oc2ccccc2C(C)C)cc1. The van der Waals surface area contributed by atoms with E-state index >= 15 is 0 Å². The van der Waals surface area contributed by atoms with Gasteiger partial charge in [0.2, 0.25) is 0 Å². The molecule has 0 saturated carbocycles. The number of aryl methyl sites for hydroxylation is 1. The lowest BCUT2D eigenvalue weighted by Crippen LogP contribution is -2.43. The van der Waals surface area contributed by atoms with Crippen LogP contribution >= 0.6 is 0 Å². The third kappa shape index (κ3) is 5.80. The lowest BCUT2D eigenvalue weighted by Gasteiger charge is -2.21. The average molecular weight is 355 g/mol. The van der Waals surface area contributed by atoms with Crippen molar-refractivity contribution in [3.05, 3.63) is 59.7 Å². The summed E-state index contributed by atoms with van der Waals surface area (Å²) in [5, 5.41) is 2.94. The summed E-state index contributed by atoms with van der Waals surface area (Å²) < 4.78 is 11.6. The first-order valence-electron chi connectivity index (χ1n) is 9.12. The van der Waals surface area contributed by atoms with Crippen molar-refractivity contribution in [2.45, 2.75) is 52.7 Å². The molecule has 0 aliphatic heterocycles. The molecular weight excluding hydrogens is 326 g/mol. The van der Waals surface area contributed by atoms with Crippen molar-refractivity contribution in [2.75, 3.05) is 6.61 Å². The number of hydrogen-bond donors (Lipinski definition) is 1. The number of carbonyl (C=O) groups is 1. The predicted octanol–water partition coefficient (Wildman–Crippen LogP) is 4.47. The lowest BCUT2D eigenvalue weighted by molar-refractivity contribution is -0.128. The van der Waals surface area contributed by atoms with E-state index in [2.05, 4.69) is 19.2 Å². The molecule has 26 heavy (non-hydrogen) atoms. The molecule has 0 spiro atoms. The van der Waals surface area contributed by atoms with Crippen molar-refractivity contribution < 1.29 is 14.3 Å². The maximum atomic E-state index is 12.4. The van der Waals surface area contributed by atoms with Gasteiger partial charge in [-0.2, -0.15) is 0 Å². The highest BCUT2D eigenvalue weighted by Gasteiger charge is 2.19. The molecule has 4 heteroatoms. The molecule has 0 saturated heterocycles. The van der Waals surface area contributed by atoms with Crippen LogP contribution in [0.25, 0.3) is 0 Å². The highest BCUT2D eigenvalue weighted by Crippen LogP contribution is 2.26. The minimum atomic E-state index is -0.572. The first-order valence-corrected chi connectivity index (χ1v) is 9.12. The zero-order valence-corrected chi connectivity index (χ0v) is 16.3. The molecule has 0 aliphatic rings. The molecule has 1 amide bonds. The van der Waals surface area contributed by atoms with E-state index in [4.69, 9.17) is 9.47 Å². The Hall–Kier alpha value is -2.49. The van der Waals surface area contributed by atoms with Crippen molar-refractivity contribution >= 4 is 5.91 Å². The molecular formula is C22H29NO3. The molecule has 4 nitrogen and oxygen atoms in total. The molecule has 2 rings (SSSR count). The molecule has 0 bridgehead atoms. The van der Waals surface area contributed by atoms with Crippen LogP contribution in [0.3, 0.4) is 0 Å². The third-order valence-corrected chi connectivity index (χ3v) is 4.12. The number of carbonyl (C=O) groups excluding carboxylic acids is 1. The molecule has 0 heterocycles. The minimum Gasteiger partial charge on any atom is -0.491 e. The summed E-state index contributed by atoms with van der Waals surface area (Å²) in [6, 6.07) is 15.6. The van der Waals surface area contributed by atoms with Gasteiger partial charge in [0, 0.05) is 0 Å². The first kappa shape index (κ1) is 19.8. The molecule has 140 valence electrons. The van der Waals surface area contributed by atoms with Gasteiger partial charge in [-0.1, -0.05) is 49.7 Å². The zero-order valence-electron chi connectivity index (χ0n) is 16.3. The summed E-state index contributed by atoms with van der Waals surface area (Å²) in [5.74, 6) is 1.74.